The molecule has 0 radical (unpaired) electrons. The molecule has 7 heteroatoms. The van der Waals surface area contributed by atoms with Crippen LogP contribution < -0.4 is 5.32 Å². The van der Waals surface area contributed by atoms with E-state index in [9.17, 15) is 4.79 Å². The number of rotatable bonds is 5. The largest absolute Gasteiger partial charge is 0.480 e. The number of hydrogen-bond donors (Lipinski definition) is 2. The minimum Gasteiger partial charge on any atom is -0.480 e. The van der Waals surface area contributed by atoms with E-state index in [-0.39, 0.29) is 6.54 Å². The van der Waals surface area contributed by atoms with Crippen LogP contribution in [0.1, 0.15) is 16.0 Å². The Hall–Kier alpha value is -1.99. The second-order valence-electron chi connectivity index (χ2n) is 4.99. The average molecular weight is 304 g/mol. The number of anilines is 1. The molecule has 0 spiro atoms. The quantitative estimate of drug-likeness (QED) is 0.873. The molecule has 0 saturated heterocycles. The Labute approximate surface area is 126 Å². The summed E-state index contributed by atoms with van der Waals surface area (Å²) < 4.78 is 0. The first-order chi connectivity index (χ1) is 10.2. The van der Waals surface area contributed by atoms with Crippen LogP contribution in [0.2, 0.25) is 0 Å². The lowest BCUT2D eigenvalue weighted by Gasteiger charge is -2.26. The number of carboxylic acid groups (broad SMARTS) is 1. The van der Waals surface area contributed by atoms with E-state index in [4.69, 9.17) is 5.11 Å². The summed E-state index contributed by atoms with van der Waals surface area (Å²) >= 11 is 1.84. The summed E-state index contributed by atoms with van der Waals surface area (Å²) in [4.78, 5) is 22.6. The summed E-state index contributed by atoms with van der Waals surface area (Å²) in [6.07, 6.45) is 4.60. The van der Waals surface area contributed by atoms with E-state index < -0.39 is 5.97 Å². The van der Waals surface area contributed by atoms with Crippen molar-refractivity contribution in [2.24, 2.45) is 0 Å². The molecule has 110 valence electrons. The fraction of sp³-hybridized carbons (Fsp3) is 0.357. The van der Waals surface area contributed by atoms with E-state index in [0.717, 1.165) is 31.6 Å². The predicted molar refractivity (Wildman–Crippen MR) is 80.3 cm³/mol. The molecule has 0 unspecified atom stereocenters. The molecule has 2 aromatic rings. The zero-order chi connectivity index (χ0) is 14.7. The Morgan fingerprint density at radius 1 is 1.43 bits per heavy atom. The fourth-order valence-corrected chi connectivity index (χ4v) is 3.27. The molecule has 1 aliphatic rings. The molecule has 2 N–H and O–H groups in total. The molecule has 0 atom stereocenters. The lowest BCUT2D eigenvalue weighted by atomic mass is 10.1. The molecule has 0 aliphatic carbocycles. The number of aromatic nitrogens is 2. The molecular weight excluding hydrogens is 288 g/mol. The number of hydrogen-bond acceptors (Lipinski definition) is 6. The third kappa shape index (κ3) is 3.56. The van der Waals surface area contributed by atoms with Gasteiger partial charge in [0, 0.05) is 42.5 Å². The van der Waals surface area contributed by atoms with E-state index in [1.165, 1.54) is 10.4 Å². The lowest BCUT2D eigenvalue weighted by Crippen LogP contribution is -2.29. The normalized spacial score (nSPS) is 14.7. The van der Waals surface area contributed by atoms with Crippen LogP contribution in [-0.2, 0) is 24.3 Å². The van der Waals surface area contributed by atoms with E-state index in [2.05, 4.69) is 31.6 Å². The van der Waals surface area contributed by atoms with Gasteiger partial charge in [-0.2, -0.15) is 0 Å². The monoisotopic (exact) mass is 304 g/mol. The van der Waals surface area contributed by atoms with Gasteiger partial charge in [-0.1, -0.05) is 0 Å². The third-order valence-corrected chi connectivity index (χ3v) is 4.42. The molecule has 21 heavy (non-hydrogen) atoms. The minimum atomic E-state index is -0.928. The van der Waals surface area contributed by atoms with Crippen LogP contribution in [0.5, 0.6) is 0 Å². The maximum absolute atomic E-state index is 10.5. The molecule has 3 rings (SSSR count). The number of nitrogens with zero attached hydrogens (tertiary/aromatic N) is 3. The van der Waals surface area contributed by atoms with Crippen LogP contribution in [0, 0.1) is 0 Å². The number of fused-ring (bicyclic) bond motifs is 1. The van der Waals surface area contributed by atoms with Gasteiger partial charge in [0.25, 0.3) is 0 Å². The molecule has 2 aromatic heterocycles. The van der Waals surface area contributed by atoms with E-state index in [0.29, 0.717) is 5.95 Å². The Kier molecular flexibility index (Phi) is 4.12. The maximum atomic E-state index is 10.5. The smallest absolute Gasteiger partial charge is 0.322 e. The van der Waals surface area contributed by atoms with Gasteiger partial charge >= 0.3 is 5.97 Å². The molecule has 0 fully saturated rings. The van der Waals surface area contributed by atoms with Gasteiger partial charge in [-0.3, -0.25) is 9.69 Å². The van der Waals surface area contributed by atoms with E-state index >= 15 is 0 Å². The van der Waals surface area contributed by atoms with Gasteiger partial charge in [0.15, 0.2) is 0 Å². The standard InChI is InChI=1S/C14H16N4O2S/c19-13(20)7-17-14-15-5-10(6-16-14)8-18-3-1-12-11(9-18)2-4-21-12/h2,4-6H,1,3,7-9H2,(H,19,20)(H,15,16,17). The van der Waals surface area contributed by atoms with Crippen LogP contribution in [0.25, 0.3) is 0 Å². The number of carboxylic acids is 1. The van der Waals surface area contributed by atoms with Crippen LogP contribution in [0.15, 0.2) is 23.8 Å². The second kappa shape index (κ2) is 6.19. The number of nitrogens with one attached hydrogen (secondary N) is 1. The van der Waals surface area contributed by atoms with E-state index in [1.54, 1.807) is 12.4 Å². The van der Waals surface area contributed by atoms with Gasteiger partial charge in [0.05, 0.1) is 0 Å². The fourth-order valence-electron chi connectivity index (χ4n) is 2.38. The maximum Gasteiger partial charge on any atom is 0.322 e. The predicted octanol–water partition coefficient (Wildman–Crippen LogP) is 1.59. The molecule has 0 bridgehead atoms. The number of aliphatic carboxylic acids is 1. The highest BCUT2D eigenvalue weighted by Gasteiger charge is 2.17. The topological polar surface area (TPSA) is 78.3 Å². The lowest BCUT2D eigenvalue weighted by molar-refractivity contribution is -0.134. The van der Waals surface area contributed by atoms with Crippen molar-refractivity contribution in [2.75, 3.05) is 18.4 Å². The van der Waals surface area contributed by atoms with Gasteiger partial charge < -0.3 is 10.4 Å². The Balaban J connectivity index is 1.57. The molecule has 0 amide bonds. The highest BCUT2D eigenvalue weighted by atomic mass is 32.1. The zero-order valence-electron chi connectivity index (χ0n) is 11.5. The van der Waals surface area contributed by atoms with Crippen molar-refractivity contribution < 1.29 is 9.90 Å². The van der Waals surface area contributed by atoms with Crippen molar-refractivity contribution in [2.45, 2.75) is 19.5 Å². The summed E-state index contributed by atoms with van der Waals surface area (Å²) in [6, 6.07) is 2.20. The van der Waals surface area contributed by atoms with Gasteiger partial charge in [-0.25, -0.2) is 9.97 Å². The highest BCUT2D eigenvalue weighted by Crippen LogP contribution is 2.24. The molecule has 3 heterocycles. The van der Waals surface area contributed by atoms with Crippen molar-refractivity contribution in [1.29, 1.82) is 0 Å². The second-order valence-corrected chi connectivity index (χ2v) is 5.99. The summed E-state index contributed by atoms with van der Waals surface area (Å²) in [5.41, 5.74) is 2.46. The van der Waals surface area contributed by atoms with Crippen molar-refractivity contribution >= 4 is 23.3 Å². The van der Waals surface area contributed by atoms with Crippen LogP contribution in [0.4, 0.5) is 5.95 Å². The summed E-state index contributed by atoms with van der Waals surface area (Å²) in [5, 5.41) is 13.4. The molecule has 1 aliphatic heterocycles. The van der Waals surface area contributed by atoms with E-state index in [1.807, 2.05) is 11.3 Å². The Bertz CT molecular complexity index is 626. The Morgan fingerprint density at radius 2 is 2.24 bits per heavy atom. The number of thiophene rings is 1. The van der Waals surface area contributed by atoms with Gasteiger partial charge in [0.1, 0.15) is 6.54 Å². The van der Waals surface area contributed by atoms with Crippen molar-refractivity contribution in [3.8, 4) is 0 Å². The first-order valence-corrected chi connectivity index (χ1v) is 7.63. The average Bonchev–Trinajstić information content (AvgIpc) is 2.94. The molecule has 6 nitrogen and oxygen atoms in total. The zero-order valence-corrected chi connectivity index (χ0v) is 12.3. The Morgan fingerprint density at radius 3 is 3.00 bits per heavy atom. The number of carbonyl (C=O) groups is 1. The SMILES string of the molecule is O=C(O)CNc1ncc(CN2CCc3sccc3C2)cn1. The van der Waals surface area contributed by atoms with Crippen LogP contribution >= 0.6 is 11.3 Å². The van der Waals surface area contributed by atoms with Gasteiger partial charge in [-0.05, 0) is 23.4 Å². The van der Waals surface area contributed by atoms with Crippen LogP contribution in [0.3, 0.4) is 0 Å². The highest BCUT2D eigenvalue weighted by molar-refractivity contribution is 7.10. The third-order valence-electron chi connectivity index (χ3n) is 3.40. The molecular formula is C14H16N4O2S. The summed E-state index contributed by atoms with van der Waals surface area (Å²) in [6.45, 7) is 2.66. The van der Waals surface area contributed by atoms with Gasteiger partial charge in [-0.15, -0.1) is 11.3 Å². The minimum absolute atomic E-state index is 0.174. The van der Waals surface area contributed by atoms with Crippen molar-refractivity contribution in [1.82, 2.24) is 14.9 Å². The first kappa shape index (κ1) is 14.0. The van der Waals surface area contributed by atoms with Gasteiger partial charge in [0.2, 0.25) is 5.95 Å². The molecule has 0 aromatic carbocycles. The van der Waals surface area contributed by atoms with Crippen molar-refractivity contribution in [3.63, 3.8) is 0 Å². The summed E-state index contributed by atoms with van der Waals surface area (Å²) in [5.74, 6) is -0.581. The van der Waals surface area contributed by atoms with Crippen LogP contribution in [-0.4, -0.2) is 39.0 Å². The van der Waals surface area contributed by atoms with Crippen molar-refractivity contribution in [3.05, 3.63) is 39.8 Å². The molecule has 0 saturated carbocycles. The summed E-state index contributed by atoms with van der Waals surface area (Å²) in [7, 11) is 0. The first-order valence-electron chi connectivity index (χ1n) is 6.75.